The predicted octanol–water partition coefficient (Wildman–Crippen LogP) is 3.52. The lowest BCUT2D eigenvalue weighted by Crippen LogP contribution is -2.09. The molecule has 0 unspecified atom stereocenters. The molecule has 0 spiro atoms. The van der Waals surface area contributed by atoms with Gasteiger partial charge in [-0.1, -0.05) is 23.7 Å². The first kappa shape index (κ1) is 15.0. The minimum atomic E-state index is -0.510. The van der Waals surface area contributed by atoms with Crippen molar-refractivity contribution < 1.29 is 4.92 Å². The van der Waals surface area contributed by atoms with E-state index >= 15 is 0 Å². The Morgan fingerprint density at radius 1 is 1.33 bits per heavy atom. The highest BCUT2D eigenvalue weighted by molar-refractivity contribution is 6.33. The summed E-state index contributed by atoms with van der Waals surface area (Å²) >= 11 is 6.06. The van der Waals surface area contributed by atoms with Gasteiger partial charge in [0, 0.05) is 6.54 Å². The first-order valence-corrected chi connectivity index (χ1v) is 6.69. The zero-order valence-corrected chi connectivity index (χ0v) is 12.3. The summed E-state index contributed by atoms with van der Waals surface area (Å²) in [4.78, 5) is 18.9. The minimum absolute atomic E-state index is 0.108. The average molecular weight is 308 g/mol. The summed E-state index contributed by atoms with van der Waals surface area (Å²) in [5.41, 5.74) is 0.653. The number of para-hydroxylation sites is 1. The number of halogens is 1. The van der Waals surface area contributed by atoms with Gasteiger partial charge in [0.25, 0.3) is 0 Å². The number of rotatable bonds is 5. The van der Waals surface area contributed by atoms with Crippen molar-refractivity contribution in [2.24, 2.45) is 0 Å². The fraction of sp³-hybridized carbons (Fsp3) is 0.231. The highest BCUT2D eigenvalue weighted by atomic mass is 35.5. The van der Waals surface area contributed by atoms with E-state index in [1.165, 1.54) is 0 Å². The van der Waals surface area contributed by atoms with Gasteiger partial charge in [-0.05, 0) is 26.0 Å². The molecule has 0 aliphatic carbocycles. The summed E-state index contributed by atoms with van der Waals surface area (Å²) < 4.78 is 0. The molecule has 0 saturated heterocycles. The molecule has 2 rings (SSSR count). The Labute approximate surface area is 126 Å². The van der Waals surface area contributed by atoms with Crippen LogP contribution in [0.2, 0.25) is 5.02 Å². The van der Waals surface area contributed by atoms with E-state index < -0.39 is 4.92 Å². The third-order valence-corrected chi connectivity index (χ3v) is 3.03. The standard InChI is InChI=1S/C13H14ClN5O2/c1-3-15-13-16-8(2)11(19(20)21)12(18-13)17-10-7-5-4-6-9(10)14/h4-7H,3H2,1-2H3,(H2,15,16,17,18). The van der Waals surface area contributed by atoms with Crippen LogP contribution in [0.1, 0.15) is 12.6 Å². The Morgan fingerprint density at radius 2 is 2.05 bits per heavy atom. The second-order valence-electron chi connectivity index (χ2n) is 4.22. The highest BCUT2D eigenvalue weighted by Crippen LogP contribution is 2.31. The molecule has 0 aliphatic heterocycles. The molecule has 8 heteroatoms. The van der Waals surface area contributed by atoms with Gasteiger partial charge >= 0.3 is 5.69 Å². The number of anilines is 3. The molecule has 0 aliphatic rings. The van der Waals surface area contributed by atoms with Gasteiger partial charge in [-0.3, -0.25) is 10.1 Å². The summed E-state index contributed by atoms with van der Waals surface area (Å²) in [6.45, 7) is 4.07. The number of hydrogen-bond acceptors (Lipinski definition) is 6. The number of nitrogens with one attached hydrogen (secondary N) is 2. The minimum Gasteiger partial charge on any atom is -0.354 e. The monoisotopic (exact) mass is 307 g/mol. The Kier molecular flexibility index (Phi) is 4.54. The molecule has 110 valence electrons. The third kappa shape index (κ3) is 3.38. The quantitative estimate of drug-likeness (QED) is 0.648. The normalized spacial score (nSPS) is 10.2. The van der Waals surface area contributed by atoms with Crippen LogP contribution >= 0.6 is 11.6 Å². The molecular formula is C13H14ClN5O2. The van der Waals surface area contributed by atoms with Crippen molar-refractivity contribution in [1.82, 2.24) is 9.97 Å². The van der Waals surface area contributed by atoms with Crippen LogP contribution in [0.5, 0.6) is 0 Å². The summed E-state index contributed by atoms with van der Waals surface area (Å²) in [5, 5.41) is 17.5. The number of nitrogens with zero attached hydrogens (tertiary/aromatic N) is 3. The Morgan fingerprint density at radius 3 is 2.67 bits per heavy atom. The van der Waals surface area contributed by atoms with Gasteiger partial charge < -0.3 is 10.6 Å². The second kappa shape index (κ2) is 6.36. The smallest absolute Gasteiger partial charge is 0.332 e. The van der Waals surface area contributed by atoms with Crippen LogP contribution < -0.4 is 10.6 Å². The Balaban J connectivity index is 2.49. The van der Waals surface area contributed by atoms with Crippen molar-refractivity contribution in [3.63, 3.8) is 0 Å². The number of hydrogen-bond donors (Lipinski definition) is 2. The Bertz CT molecular complexity index is 678. The highest BCUT2D eigenvalue weighted by Gasteiger charge is 2.22. The van der Waals surface area contributed by atoms with Gasteiger partial charge in [0.2, 0.25) is 11.8 Å². The maximum absolute atomic E-state index is 11.2. The van der Waals surface area contributed by atoms with Crippen LogP contribution in [-0.2, 0) is 0 Å². The van der Waals surface area contributed by atoms with Crippen LogP contribution in [0, 0.1) is 17.0 Å². The first-order valence-electron chi connectivity index (χ1n) is 6.31. The van der Waals surface area contributed by atoms with Gasteiger partial charge in [-0.2, -0.15) is 4.98 Å². The number of aryl methyl sites for hydroxylation is 1. The van der Waals surface area contributed by atoms with E-state index in [9.17, 15) is 10.1 Å². The molecule has 2 aromatic rings. The molecule has 1 heterocycles. The van der Waals surface area contributed by atoms with Crippen LogP contribution in [0.4, 0.5) is 23.1 Å². The fourth-order valence-electron chi connectivity index (χ4n) is 1.80. The lowest BCUT2D eigenvalue weighted by atomic mass is 10.3. The zero-order chi connectivity index (χ0) is 15.4. The van der Waals surface area contributed by atoms with Crippen LogP contribution in [-0.4, -0.2) is 21.4 Å². The van der Waals surface area contributed by atoms with Crippen LogP contribution in [0.3, 0.4) is 0 Å². The fourth-order valence-corrected chi connectivity index (χ4v) is 1.98. The van der Waals surface area contributed by atoms with Gasteiger partial charge in [0.1, 0.15) is 5.69 Å². The summed E-state index contributed by atoms with van der Waals surface area (Å²) in [6.07, 6.45) is 0. The molecule has 0 bridgehead atoms. The van der Waals surface area contributed by atoms with E-state index in [4.69, 9.17) is 11.6 Å². The van der Waals surface area contributed by atoms with Gasteiger partial charge in [0.15, 0.2) is 0 Å². The second-order valence-corrected chi connectivity index (χ2v) is 4.63. The van der Waals surface area contributed by atoms with E-state index in [0.717, 1.165) is 0 Å². The lowest BCUT2D eigenvalue weighted by Gasteiger charge is -2.11. The van der Waals surface area contributed by atoms with Gasteiger partial charge in [-0.25, -0.2) is 4.98 Å². The molecule has 21 heavy (non-hydrogen) atoms. The van der Waals surface area contributed by atoms with Crippen molar-refractivity contribution in [2.45, 2.75) is 13.8 Å². The summed E-state index contributed by atoms with van der Waals surface area (Å²) in [5.74, 6) is 0.437. The first-order chi connectivity index (χ1) is 10.0. The lowest BCUT2D eigenvalue weighted by molar-refractivity contribution is -0.385. The van der Waals surface area contributed by atoms with Gasteiger partial charge in [0.05, 0.1) is 15.6 Å². The largest absolute Gasteiger partial charge is 0.354 e. The molecule has 0 saturated carbocycles. The van der Waals surface area contributed by atoms with Crippen molar-refractivity contribution in [1.29, 1.82) is 0 Å². The molecule has 1 aromatic heterocycles. The Hall–Kier alpha value is -2.41. The molecular weight excluding hydrogens is 294 g/mol. The van der Waals surface area contributed by atoms with Crippen LogP contribution in [0.25, 0.3) is 0 Å². The zero-order valence-electron chi connectivity index (χ0n) is 11.6. The summed E-state index contributed by atoms with van der Waals surface area (Å²) in [6, 6.07) is 6.96. The molecule has 0 atom stereocenters. The van der Waals surface area contributed by atoms with Crippen molar-refractivity contribution in [2.75, 3.05) is 17.2 Å². The van der Waals surface area contributed by atoms with Crippen molar-refractivity contribution in [3.05, 3.63) is 45.1 Å². The van der Waals surface area contributed by atoms with Gasteiger partial charge in [-0.15, -0.1) is 0 Å². The van der Waals surface area contributed by atoms with E-state index in [0.29, 0.717) is 23.2 Å². The average Bonchev–Trinajstić information content (AvgIpc) is 2.41. The van der Waals surface area contributed by atoms with E-state index in [1.807, 2.05) is 6.92 Å². The SMILES string of the molecule is CCNc1nc(C)c([N+](=O)[O-])c(Nc2ccccc2Cl)n1. The number of benzene rings is 1. The van der Waals surface area contributed by atoms with E-state index in [2.05, 4.69) is 20.6 Å². The maximum atomic E-state index is 11.2. The van der Waals surface area contributed by atoms with E-state index in [-0.39, 0.29) is 17.2 Å². The van der Waals surface area contributed by atoms with Crippen molar-refractivity contribution in [3.8, 4) is 0 Å². The molecule has 7 nitrogen and oxygen atoms in total. The van der Waals surface area contributed by atoms with E-state index in [1.54, 1.807) is 31.2 Å². The molecule has 1 aromatic carbocycles. The molecule has 0 fully saturated rings. The maximum Gasteiger partial charge on any atom is 0.332 e. The number of nitro groups is 1. The predicted molar refractivity (Wildman–Crippen MR) is 82.3 cm³/mol. The molecule has 0 radical (unpaired) electrons. The topological polar surface area (TPSA) is 93.0 Å². The third-order valence-electron chi connectivity index (χ3n) is 2.70. The molecule has 2 N–H and O–H groups in total. The van der Waals surface area contributed by atoms with Crippen molar-refractivity contribution >= 4 is 34.7 Å². The van der Waals surface area contributed by atoms with Crippen LogP contribution in [0.15, 0.2) is 24.3 Å². The number of aromatic nitrogens is 2. The summed E-state index contributed by atoms with van der Waals surface area (Å²) in [7, 11) is 0. The molecule has 0 amide bonds.